The molecule has 0 amide bonds. The van der Waals surface area contributed by atoms with Gasteiger partial charge in [-0.2, -0.15) is 4.98 Å². The average molecular weight is 403 g/mol. The topological polar surface area (TPSA) is 110 Å². The highest BCUT2D eigenvalue weighted by Crippen LogP contribution is 2.37. The molecule has 2 aromatic heterocycles. The maximum absolute atomic E-state index is 13.8. The van der Waals surface area contributed by atoms with E-state index in [4.69, 9.17) is 0 Å². The maximum Gasteiger partial charge on any atom is 0.227 e. The molecule has 2 aliphatic rings. The van der Waals surface area contributed by atoms with Gasteiger partial charge in [0.1, 0.15) is 24.0 Å². The van der Waals surface area contributed by atoms with Gasteiger partial charge in [0.05, 0.1) is 36.8 Å². The van der Waals surface area contributed by atoms with Gasteiger partial charge in [-0.1, -0.05) is 0 Å². The summed E-state index contributed by atoms with van der Waals surface area (Å²) in [5, 5.41) is 25.7. The summed E-state index contributed by atoms with van der Waals surface area (Å²) in [6.45, 7) is 4.69. The lowest BCUT2D eigenvalue weighted by Gasteiger charge is -2.32. The molecule has 9 nitrogen and oxygen atoms in total. The van der Waals surface area contributed by atoms with Crippen molar-refractivity contribution in [3.05, 3.63) is 24.5 Å². The zero-order valence-electron chi connectivity index (χ0n) is 16.5. The van der Waals surface area contributed by atoms with Crippen molar-refractivity contribution in [1.82, 2.24) is 15.0 Å². The van der Waals surface area contributed by atoms with E-state index < -0.39 is 12.3 Å². The standard InChI is InChI=1S/C19H26FN7O2/c1-11(2)27-14-7-17(22-8-13(14)23-18(27)10-28)24-16-3-5-21-19(25-16)26-6-4-15(29)12(20)9-26/h3,5,7-8,11-12,15,18,23,28-29H,4,6,9-10H2,1-2H3,(H,21,22,24,25). The molecule has 0 aromatic carbocycles. The first-order valence-electron chi connectivity index (χ1n) is 9.79. The molecule has 0 saturated carbocycles. The van der Waals surface area contributed by atoms with Gasteiger partial charge in [0, 0.05) is 24.8 Å². The number of aliphatic hydroxyl groups is 2. The van der Waals surface area contributed by atoms with E-state index in [1.807, 2.05) is 6.07 Å². The zero-order valence-corrected chi connectivity index (χ0v) is 16.5. The molecule has 4 N–H and O–H groups in total. The molecule has 156 valence electrons. The lowest BCUT2D eigenvalue weighted by molar-refractivity contribution is 0.0612. The van der Waals surface area contributed by atoms with E-state index in [1.165, 1.54) is 0 Å². The Morgan fingerprint density at radius 1 is 1.34 bits per heavy atom. The summed E-state index contributed by atoms with van der Waals surface area (Å²) in [7, 11) is 0. The molecular weight excluding hydrogens is 377 g/mol. The number of aliphatic hydroxyl groups excluding tert-OH is 2. The second kappa shape index (κ2) is 7.96. The van der Waals surface area contributed by atoms with Crippen molar-refractivity contribution in [2.24, 2.45) is 0 Å². The number of piperidine rings is 1. The number of hydrogen-bond donors (Lipinski definition) is 4. The fourth-order valence-corrected chi connectivity index (χ4v) is 3.80. The summed E-state index contributed by atoms with van der Waals surface area (Å²) in [6.07, 6.45) is 1.26. The molecule has 4 rings (SSSR count). The van der Waals surface area contributed by atoms with Crippen LogP contribution in [0.4, 0.5) is 33.3 Å². The minimum absolute atomic E-state index is 0.00894. The van der Waals surface area contributed by atoms with Crippen LogP contribution in [0.1, 0.15) is 20.3 Å². The Hall–Kier alpha value is -2.72. The fourth-order valence-electron chi connectivity index (χ4n) is 3.80. The van der Waals surface area contributed by atoms with Crippen LogP contribution in [0.3, 0.4) is 0 Å². The van der Waals surface area contributed by atoms with E-state index in [0.29, 0.717) is 30.5 Å². The van der Waals surface area contributed by atoms with Crippen LogP contribution in [0, 0.1) is 0 Å². The number of hydrogen-bond acceptors (Lipinski definition) is 9. The summed E-state index contributed by atoms with van der Waals surface area (Å²) in [5.74, 6) is 1.57. The van der Waals surface area contributed by atoms with E-state index in [2.05, 4.69) is 44.3 Å². The molecule has 0 aliphatic carbocycles. The number of aromatic nitrogens is 3. The highest BCUT2D eigenvalue weighted by atomic mass is 19.1. The molecule has 0 bridgehead atoms. The molecular formula is C19H26FN7O2. The number of halogens is 1. The molecule has 1 saturated heterocycles. The first-order valence-corrected chi connectivity index (χ1v) is 9.79. The molecule has 0 spiro atoms. The number of fused-ring (bicyclic) bond motifs is 1. The first-order chi connectivity index (χ1) is 14.0. The Labute approximate surface area is 168 Å². The van der Waals surface area contributed by atoms with E-state index in [0.717, 1.165) is 11.4 Å². The number of nitrogens with zero attached hydrogens (tertiary/aromatic N) is 5. The minimum atomic E-state index is -1.31. The number of alkyl halides is 1. The van der Waals surface area contributed by atoms with Crippen LogP contribution in [-0.2, 0) is 0 Å². The molecule has 2 aliphatic heterocycles. The van der Waals surface area contributed by atoms with Crippen LogP contribution in [0.15, 0.2) is 24.5 Å². The van der Waals surface area contributed by atoms with Gasteiger partial charge in [-0.05, 0) is 26.3 Å². The normalized spacial score (nSPS) is 23.9. The summed E-state index contributed by atoms with van der Waals surface area (Å²) >= 11 is 0. The summed E-state index contributed by atoms with van der Waals surface area (Å²) in [4.78, 5) is 17.0. The number of nitrogens with one attached hydrogen (secondary N) is 2. The van der Waals surface area contributed by atoms with Gasteiger partial charge in [0.2, 0.25) is 5.95 Å². The molecule has 10 heteroatoms. The van der Waals surface area contributed by atoms with Crippen LogP contribution < -0.4 is 20.4 Å². The zero-order chi connectivity index (χ0) is 20.5. The Kier molecular flexibility index (Phi) is 5.37. The Morgan fingerprint density at radius 2 is 2.17 bits per heavy atom. The van der Waals surface area contributed by atoms with Crippen LogP contribution in [-0.4, -0.2) is 69.3 Å². The molecule has 29 heavy (non-hydrogen) atoms. The van der Waals surface area contributed by atoms with Crippen molar-refractivity contribution in [1.29, 1.82) is 0 Å². The Morgan fingerprint density at radius 3 is 2.90 bits per heavy atom. The summed E-state index contributed by atoms with van der Waals surface area (Å²) in [5.41, 5.74) is 1.82. The monoisotopic (exact) mass is 403 g/mol. The average Bonchev–Trinajstić information content (AvgIpc) is 3.08. The number of pyridine rings is 1. The molecule has 3 unspecified atom stereocenters. The van der Waals surface area contributed by atoms with Gasteiger partial charge in [0.15, 0.2) is 0 Å². The van der Waals surface area contributed by atoms with E-state index >= 15 is 0 Å². The molecule has 3 atom stereocenters. The third kappa shape index (κ3) is 3.90. The van der Waals surface area contributed by atoms with Gasteiger partial charge in [-0.3, -0.25) is 0 Å². The number of rotatable bonds is 5. The van der Waals surface area contributed by atoms with Crippen molar-refractivity contribution < 1.29 is 14.6 Å². The van der Waals surface area contributed by atoms with E-state index in [1.54, 1.807) is 23.4 Å². The SMILES string of the molecule is CC(C)N1c2cc(Nc3ccnc(N4CCC(O)C(F)C4)n3)ncc2NC1CO. The lowest BCUT2D eigenvalue weighted by Crippen LogP contribution is -2.45. The number of anilines is 5. The summed E-state index contributed by atoms with van der Waals surface area (Å²) < 4.78 is 13.8. The molecule has 1 fully saturated rings. The van der Waals surface area contributed by atoms with Gasteiger partial charge in [-0.25, -0.2) is 14.4 Å². The van der Waals surface area contributed by atoms with E-state index in [9.17, 15) is 14.6 Å². The Bertz CT molecular complexity index is 868. The fraction of sp³-hybridized carbons (Fsp3) is 0.526. The van der Waals surface area contributed by atoms with Crippen LogP contribution >= 0.6 is 0 Å². The van der Waals surface area contributed by atoms with Crippen molar-refractivity contribution >= 4 is 29.0 Å². The van der Waals surface area contributed by atoms with Gasteiger partial charge in [0.25, 0.3) is 0 Å². The highest BCUT2D eigenvalue weighted by Gasteiger charge is 2.31. The van der Waals surface area contributed by atoms with Crippen molar-refractivity contribution in [2.75, 3.05) is 40.1 Å². The molecule has 4 heterocycles. The van der Waals surface area contributed by atoms with Gasteiger partial charge >= 0.3 is 0 Å². The second-order valence-corrected chi connectivity index (χ2v) is 7.62. The Balaban J connectivity index is 1.53. The van der Waals surface area contributed by atoms with Crippen LogP contribution in [0.25, 0.3) is 0 Å². The predicted molar refractivity (Wildman–Crippen MR) is 109 cm³/mol. The largest absolute Gasteiger partial charge is 0.392 e. The predicted octanol–water partition coefficient (Wildman–Crippen LogP) is 1.48. The van der Waals surface area contributed by atoms with E-state index in [-0.39, 0.29) is 25.4 Å². The quantitative estimate of drug-likeness (QED) is 0.590. The third-order valence-corrected chi connectivity index (χ3v) is 5.24. The minimum Gasteiger partial charge on any atom is -0.392 e. The first kappa shape index (κ1) is 19.6. The molecule has 0 radical (unpaired) electrons. The van der Waals surface area contributed by atoms with Crippen molar-refractivity contribution in [3.8, 4) is 0 Å². The molecule has 2 aromatic rings. The third-order valence-electron chi connectivity index (χ3n) is 5.24. The van der Waals surface area contributed by atoms with Crippen LogP contribution in [0.5, 0.6) is 0 Å². The second-order valence-electron chi connectivity index (χ2n) is 7.62. The van der Waals surface area contributed by atoms with Gasteiger partial charge < -0.3 is 30.6 Å². The van der Waals surface area contributed by atoms with Crippen molar-refractivity contribution in [2.45, 2.75) is 44.8 Å². The smallest absolute Gasteiger partial charge is 0.227 e. The van der Waals surface area contributed by atoms with Crippen LogP contribution in [0.2, 0.25) is 0 Å². The highest BCUT2D eigenvalue weighted by molar-refractivity contribution is 5.78. The lowest BCUT2D eigenvalue weighted by atomic mass is 10.1. The van der Waals surface area contributed by atoms with Crippen molar-refractivity contribution in [3.63, 3.8) is 0 Å². The summed E-state index contributed by atoms with van der Waals surface area (Å²) in [6, 6.07) is 3.83. The van der Waals surface area contributed by atoms with Gasteiger partial charge in [-0.15, -0.1) is 0 Å². The maximum atomic E-state index is 13.8.